The molecular weight excluding hydrogens is 206 g/mol. The van der Waals surface area contributed by atoms with Gasteiger partial charge in [0.25, 0.3) is 0 Å². The number of hydrogen-bond acceptors (Lipinski definition) is 3. The Morgan fingerprint density at radius 2 is 2.40 bits per heavy atom. The van der Waals surface area contributed by atoms with Crippen LogP contribution in [0.15, 0.2) is 6.07 Å². The van der Waals surface area contributed by atoms with Gasteiger partial charge in [-0.25, -0.2) is 4.98 Å². The maximum absolute atomic E-state index is 5.15. The van der Waals surface area contributed by atoms with Crippen LogP contribution in [-0.4, -0.2) is 16.0 Å². The van der Waals surface area contributed by atoms with Gasteiger partial charge < -0.3 is 10.3 Å². The van der Waals surface area contributed by atoms with Crippen molar-refractivity contribution in [1.82, 2.24) is 9.97 Å². The highest BCUT2D eigenvalue weighted by atomic mass is 32.1. The number of aromatic nitrogens is 2. The zero-order valence-corrected chi connectivity index (χ0v) is 10.0. The van der Waals surface area contributed by atoms with Gasteiger partial charge in [-0.1, -0.05) is 19.1 Å². The smallest absolute Gasteiger partial charge is 0.131 e. The van der Waals surface area contributed by atoms with Gasteiger partial charge in [-0.05, 0) is 26.2 Å². The summed E-state index contributed by atoms with van der Waals surface area (Å²) in [6.07, 6.45) is 3.58. The number of rotatable bonds is 4. The lowest BCUT2D eigenvalue weighted by Crippen LogP contribution is -2.15. The van der Waals surface area contributed by atoms with Crippen molar-refractivity contribution >= 4 is 18.0 Å². The van der Waals surface area contributed by atoms with Gasteiger partial charge in [-0.15, -0.1) is 0 Å². The average Bonchev–Trinajstić information content (AvgIpc) is 2.99. The van der Waals surface area contributed by atoms with Gasteiger partial charge in [0, 0.05) is 18.0 Å². The van der Waals surface area contributed by atoms with Crippen LogP contribution in [0.3, 0.4) is 0 Å². The maximum atomic E-state index is 5.15. The number of hydrogen-bond donors (Lipinski definition) is 2. The number of H-pyrrole nitrogens is 1. The topological polar surface area (TPSA) is 40.7 Å². The van der Waals surface area contributed by atoms with E-state index in [1.165, 1.54) is 12.8 Å². The summed E-state index contributed by atoms with van der Waals surface area (Å²) in [5.41, 5.74) is 0. The fraction of sp³-hybridized carbons (Fsp3) is 0.636. The monoisotopic (exact) mass is 223 g/mol. The van der Waals surface area contributed by atoms with E-state index < -0.39 is 0 Å². The summed E-state index contributed by atoms with van der Waals surface area (Å²) in [5.74, 6) is 2.67. The fourth-order valence-electron chi connectivity index (χ4n) is 1.47. The summed E-state index contributed by atoms with van der Waals surface area (Å²) in [4.78, 5) is 7.67. The van der Waals surface area contributed by atoms with E-state index in [-0.39, 0.29) is 0 Å². The summed E-state index contributed by atoms with van der Waals surface area (Å²) < 4.78 is 0.682. The van der Waals surface area contributed by atoms with Gasteiger partial charge in [0.2, 0.25) is 0 Å². The molecule has 4 heteroatoms. The zero-order chi connectivity index (χ0) is 10.8. The number of nitrogens with one attached hydrogen (secondary N) is 2. The predicted octanol–water partition coefficient (Wildman–Crippen LogP) is 3.23. The molecule has 1 unspecified atom stereocenters. The minimum Gasteiger partial charge on any atom is -0.369 e. The molecule has 1 aliphatic carbocycles. The molecule has 1 aliphatic rings. The van der Waals surface area contributed by atoms with Crippen LogP contribution in [0.4, 0.5) is 5.82 Å². The van der Waals surface area contributed by atoms with Crippen LogP contribution >= 0.6 is 12.2 Å². The molecule has 1 atom stereocenters. The van der Waals surface area contributed by atoms with Crippen LogP contribution in [0.25, 0.3) is 0 Å². The highest BCUT2D eigenvalue weighted by Crippen LogP contribution is 2.38. The van der Waals surface area contributed by atoms with Crippen molar-refractivity contribution in [2.24, 2.45) is 0 Å². The Hall–Kier alpha value is -0.900. The van der Waals surface area contributed by atoms with Crippen LogP contribution < -0.4 is 5.32 Å². The normalized spacial score (nSPS) is 17.5. The molecule has 1 heterocycles. The van der Waals surface area contributed by atoms with E-state index in [1.807, 2.05) is 6.07 Å². The van der Waals surface area contributed by atoms with Crippen molar-refractivity contribution < 1.29 is 0 Å². The summed E-state index contributed by atoms with van der Waals surface area (Å²) in [6, 6.07) is 2.36. The van der Waals surface area contributed by atoms with Gasteiger partial charge in [-0.3, -0.25) is 0 Å². The Morgan fingerprint density at radius 3 is 3.00 bits per heavy atom. The van der Waals surface area contributed by atoms with Gasteiger partial charge in [0.1, 0.15) is 16.3 Å². The lowest BCUT2D eigenvalue weighted by molar-refractivity contribution is 0.754. The maximum Gasteiger partial charge on any atom is 0.131 e. The van der Waals surface area contributed by atoms with Gasteiger partial charge in [0.05, 0.1) is 0 Å². The zero-order valence-electron chi connectivity index (χ0n) is 9.21. The van der Waals surface area contributed by atoms with E-state index in [0.717, 1.165) is 18.1 Å². The van der Waals surface area contributed by atoms with Crippen molar-refractivity contribution in [3.05, 3.63) is 16.5 Å². The Balaban J connectivity index is 2.19. The van der Waals surface area contributed by atoms with E-state index in [4.69, 9.17) is 12.2 Å². The second kappa shape index (κ2) is 4.31. The molecule has 2 rings (SSSR count). The van der Waals surface area contributed by atoms with Crippen LogP contribution in [0.5, 0.6) is 0 Å². The number of aromatic amines is 1. The summed E-state index contributed by atoms with van der Waals surface area (Å²) in [6.45, 7) is 4.32. The van der Waals surface area contributed by atoms with Crippen LogP contribution in [0.1, 0.15) is 44.9 Å². The van der Waals surface area contributed by atoms with Crippen molar-refractivity contribution in [3.8, 4) is 0 Å². The first-order valence-electron chi connectivity index (χ1n) is 5.57. The molecular formula is C11H17N3S. The Bertz CT molecular complexity index is 395. The second-order valence-electron chi connectivity index (χ2n) is 4.25. The molecule has 1 aromatic rings. The Kier molecular flexibility index (Phi) is 3.05. The Morgan fingerprint density at radius 1 is 1.67 bits per heavy atom. The van der Waals surface area contributed by atoms with Crippen LogP contribution in [0, 0.1) is 4.64 Å². The first-order chi connectivity index (χ1) is 7.19. The molecule has 0 aliphatic heterocycles. The third-order valence-electron chi connectivity index (χ3n) is 2.74. The second-order valence-corrected chi connectivity index (χ2v) is 4.66. The molecule has 0 amide bonds. The SMILES string of the molecule is CCC(C)Nc1cc(=S)nc(C2CC2)[nH]1. The fourth-order valence-corrected chi connectivity index (χ4v) is 1.69. The molecule has 2 N–H and O–H groups in total. The highest BCUT2D eigenvalue weighted by molar-refractivity contribution is 7.71. The van der Waals surface area contributed by atoms with Crippen molar-refractivity contribution in [3.63, 3.8) is 0 Å². The van der Waals surface area contributed by atoms with Crippen LogP contribution in [-0.2, 0) is 0 Å². The highest BCUT2D eigenvalue weighted by Gasteiger charge is 2.26. The van der Waals surface area contributed by atoms with Gasteiger partial charge >= 0.3 is 0 Å². The molecule has 1 aromatic heterocycles. The predicted molar refractivity (Wildman–Crippen MR) is 64.8 cm³/mol. The van der Waals surface area contributed by atoms with E-state index in [1.54, 1.807) is 0 Å². The van der Waals surface area contributed by atoms with Crippen molar-refractivity contribution in [1.29, 1.82) is 0 Å². The van der Waals surface area contributed by atoms with Crippen molar-refractivity contribution in [2.75, 3.05) is 5.32 Å². The summed E-state index contributed by atoms with van der Waals surface area (Å²) in [5, 5.41) is 3.39. The van der Waals surface area contributed by atoms with Crippen LogP contribution in [0.2, 0.25) is 0 Å². The lowest BCUT2D eigenvalue weighted by Gasteiger charge is -2.13. The molecule has 1 saturated carbocycles. The van der Waals surface area contributed by atoms with E-state index in [2.05, 4.69) is 29.1 Å². The molecule has 1 fully saturated rings. The van der Waals surface area contributed by atoms with E-state index in [0.29, 0.717) is 16.6 Å². The molecule has 82 valence electrons. The molecule has 0 saturated heterocycles. The Labute approximate surface area is 95.3 Å². The summed E-state index contributed by atoms with van der Waals surface area (Å²) >= 11 is 5.15. The quantitative estimate of drug-likeness (QED) is 0.770. The first-order valence-corrected chi connectivity index (χ1v) is 5.97. The molecule has 3 nitrogen and oxygen atoms in total. The third kappa shape index (κ3) is 2.78. The first kappa shape index (κ1) is 10.6. The summed E-state index contributed by atoms with van der Waals surface area (Å²) in [7, 11) is 0. The van der Waals surface area contributed by atoms with E-state index in [9.17, 15) is 0 Å². The largest absolute Gasteiger partial charge is 0.369 e. The third-order valence-corrected chi connectivity index (χ3v) is 2.95. The molecule has 0 spiro atoms. The van der Waals surface area contributed by atoms with Crippen molar-refractivity contribution in [2.45, 2.75) is 45.1 Å². The van der Waals surface area contributed by atoms with Gasteiger partial charge in [0.15, 0.2) is 0 Å². The number of anilines is 1. The number of nitrogens with zero attached hydrogens (tertiary/aromatic N) is 1. The van der Waals surface area contributed by atoms with E-state index >= 15 is 0 Å². The minimum atomic E-state index is 0.463. The molecule has 0 aromatic carbocycles. The molecule has 0 bridgehead atoms. The lowest BCUT2D eigenvalue weighted by atomic mass is 10.2. The molecule has 15 heavy (non-hydrogen) atoms. The minimum absolute atomic E-state index is 0.463. The van der Waals surface area contributed by atoms with Gasteiger partial charge in [-0.2, -0.15) is 0 Å². The molecule has 0 radical (unpaired) electrons. The average molecular weight is 223 g/mol. The standard InChI is InChI=1S/C11H17N3S/c1-3-7(2)12-9-6-10(15)14-11(13-9)8-4-5-8/h6-8H,3-5H2,1-2H3,(H2,12,13,14,15).